The van der Waals surface area contributed by atoms with Gasteiger partial charge >= 0.3 is 5.97 Å². The number of amidine groups is 1. The Morgan fingerprint density at radius 3 is 2.10 bits per heavy atom. The van der Waals surface area contributed by atoms with Crippen LogP contribution < -0.4 is 10.1 Å². The van der Waals surface area contributed by atoms with Crippen molar-refractivity contribution >= 4 is 23.4 Å². The summed E-state index contributed by atoms with van der Waals surface area (Å²) in [5, 5.41) is 2.83. The van der Waals surface area contributed by atoms with Crippen LogP contribution in [0.1, 0.15) is 42.1 Å². The lowest BCUT2D eigenvalue weighted by molar-refractivity contribution is -0.151. The quantitative estimate of drug-likeness (QED) is 0.256. The number of aliphatic imine (C=N–C) groups is 1. The van der Waals surface area contributed by atoms with Gasteiger partial charge in [0.1, 0.15) is 11.6 Å². The number of esters is 1. The molecule has 7 nitrogen and oxygen atoms in total. The van der Waals surface area contributed by atoms with Gasteiger partial charge in [0.05, 0.1) is 19.8 Å². The van der Waals surface area contributed by atoms with E-state index >= 15 is 0 Å². The number of carbonyl (C=O) groups is 2. The Morgan fingerprint density at radius 2 is 1.51 bits per heavy atom. The number of rotatable bonds is 9. The number of hydrogen-bond donors (Lipinski definition) is 1. The Kier molecular flexibility index (Phi) is 8.15. The van der Waals surface area contributed by atoms with Gasteiger partial charge in [-0.05, 0) is 60.0 Å². The summed E-state index contributed by atoms with van der Waals surface area (Å²) in [6.07, 6.45) is 0. The van der Waals surface area contributed by atoms with Crippen molar-refractivity contribution in [3.05, 3.63) is 131 Å². The minimum atomic E-state index is -1.39. The summed E-state index contributed by atoms with van der Waals surface area (Å²) in [4.78, 5) is 33.4. The molecular formula is C34H33N3O4. The largest absolute Gasteiger partial charge is 0.497 e. The lowest BCUT2D eigenvalue weighted by Gasteiger charge is -2.37. The molecule has 0 radical (unpaired) electrons. The number of ether oxygens (including phenoxy) is 2. The molecule has 1 aliphatic rings. The third-order valence-electron chi connectivity index (χ3n) is 7.15. The van der Waals surface area contributed by atoms with E-state index < -0.39 is 17.6 Å². The predicted octanol–water partition coefficient (Wildman–Crippen LogP) is 6.12. The summed E-state index contributed by atoms with van der Waals surface area (Å²) >= 11 is 0. The van der Waals surface area contributed by atoms with Crippen molar-refractivity contribution in [1.82, 2.24) is 4.90 Å². The molecule has 1 N–H and O–H groups in total. The monoisotopic (exact) mass is 547 g/mol. The molecule has 0 spiro atoms. The summed E-state index contributed by atoms with van der Waals surface area (Å²) in [6, 6.07) is 34.5. The molecule has 0 aromatic heterocycles. The number of amides is 1. The van der Waals surface area contributed by atoms with Gasteiger partial charge in [0.2, 0.25) is 11.4 Å². The highest BCUT2D eigenvalue weighted by Crippen LogP contribution is 2.50. The third kappa shape index (κ3) is 5.57. The lowest BCUT2D eigenvalue weighted by atomic mass is 9.79. The molecule has 0 saturated carbocycles. The molecule has 41 heavy (non-hydrogen) atoms. The fraction of sp³-hybridized carbons (Fsp3) is 0.206. The van der Waals surface area contributed by atoms with Gasteiger partial charge in [0.25, 0.3) is 0 Å². The number of carbonyl (C=O) groups excluding carboxylic acids is 2. The Bertz CT molecular complexity index is 1520. The lowest BCUT2D eigenvalue weighted by Crippen LogP contribution is -2.44. The van der Waals surface area contributed by atoms with Gasteiger partial charge in [-0.25, -0.2) is 9.79 Å². The Labute approximate surface area is 240 Å². The van der Waals surface area contributed by atoms with Crippen molar-refractivity contribution in [3.63, 3.8) is 0 Å². The normalized spacial score (nSPS) is 18.0. The van der Waals surface area contributed by atoms with E-state index in [1.165, 1.54) is 6.92 Å². The second-order valence-corrected chi connectivity index (χ2v) is 9.84. The molecule has 1 aliphatic heterocycles. The van der Waals surface area contributed by atoms with E-state index in [4.69, 9.17) is 14.5 Å². The van der Waals surface area contributed by atoms with Gasteiger partial charge in [-0.2, -0.15) is 0 Å². The van der Waals surface area contributed by atoms with Crippen molar-refractivity contribution in [2.75, 3.05) is 19.0 Å². The van der Waals surface area contributed by atoms with E-state index in [0.717, 1.165) is 28.0 Å². The first-order valence-corrected chi connectivity index (χ1v) is 13.6. The number of hydrogen-bond acceptors (Lipinski definition) is 6. The molecule has 0 aliphatic carbocycles. The fourth-order valence-electron chi connectivity index (χ4n) is 5.36. The molecule has 4 aromatic carbocycles. The Morgan fingerprint density at radius 1 is 0.878 bits per heavy atom. The van der Waals surface area contributed by atoms with E-state index in [2.05, 4.69) is 22.3 Å². The molecule has 0 fully saturated rings. The van der Waals surface area contributed by atoms with E-state index in [1.54, 1.807) is 14.0 Å². The SMILES string of the molecule is CCOC(=O)[C@]1(c2ccccc2)N=C(c2ccc(OC)cc2)N(Cc2ccccc2)[C@@H]1c1ccc(NC(C)=O)cc1. The van der Waals surface area contributed by atoms with Gasteiger partial charge in [0.15, 0.2) is 0 Å². The maximum atomic E-state index is 14.2. The summed E-state index contributed by atoms with van der Waals surface area (Å²) in [6.45, 7) is 3.99. The molecule has 1 heterocycles. The predicted molar refractivity (Wildman–Crippen MR) is 160 cm³/mol. The Hall–Kier alpha value is -4.91. The zero-order valence-electron chi connectivity index (χ0n) is 23.4. The standard InChI is InChI=1S/C34H33N3O4/c1-4-41-33(39)34(28-13-9-6-10-14-28)31(26-15-19-29(20-16-26)35-24(2)38)37(23-25-11-7-5-8-12-25)32(36-34)27-17-21-30(40-3)22-18-27/h5-22,31H,4,23H2,1-3H3,(H,35,38)/t31-,34-/m1/s1. The van der Waals surface area contributed by atoms with Crippen molar-refractivity contribution < 1.29 is 19.1 Å². The van der Waals surface area contributed by atoms with Crippen LogP contribution in [0.2, 0.25) is 0 Å². The second kappa shape index (κ2) is 12.1. The third-order valence-corrected chi connectivity index (χ3v) is 7.15. The van der Waals surface area contributed by atoms with E-state index in [-0.39, 0.29) is 12.5 Å². The highest BCUT2D eigenvalue weighted by atomic mass is 16.5. The van der Waals surface area contributed by atoms with Gasteiger partial charge in [-0.1, -0.05) is 72.8 Å². The van der Waals surface area contributed by atoms with Crippen LogP contribution >= 0.6 is 0 Å². The molecule has 5 rings (SSSR count). The van der Waals surface area contributed by atoms with Crippen LogP contribution in [0.4, 0.5) is 5.69 Å². The maximum absolute atomic E-state index is 14.2. The van der Waals surface area contributed by atoms with E-state index in [0.29, 0.717) is 18.1 Å². The van der Waals surface area contributed by atoms with Crippen LogP contribution in [-0.2, 0) is 26.4 Å². The number of anilines is 1. The van der Waals surface area contributed by atoms with Crippen LogP contribution in [0.25, 0.3) is 0 Å². The van der Waals surface area contributed by atoms with E-state index in [9.17, 15) is 9.59 Å². The number of nitrogens with one attached hydrogen (secondary N) is 1. The molecule has 7 heteroatoms. The molecule has 1 amide bonds. The second-order valence-electron chi connectivity index (χ2n) is 9.84. The van der Waals surface area contributed by atoms with Crippen LogP contribution in [0.15, 0.2) is 114 Å². The number of methoxy groups -OCH3 is 1. The molecule has 0 bridgehead atoms. The van der Waals surface area contributed by atoms with Gasteiger partial charge < -0.3 is 19.7 Å². The highest BCUT2D eigenvalue weighted by molar-refractivity contribution is 6.04. The average Bonchev–Trinajstić information content (AvgIpc) is 3.34. The zero-order valence-corrected chi connectivity index (χ0v) is 23.4. The molecule has 0 saturated heterocycles. The molecule has 2 atom stereocenters. The average molecular weight is 548 g/mol. The van der Waals surface area contributed by atoms with Gasteiger partial charge in [-0.15, -0.1) is 0 Å². The number of benzene rings is 4. The molecule has 0 unspecified atom stereocenters. The summed E-state index contributed by atoms with van der Waals surface area (Å²) in [7, 11) is 1.63. The van der Waals surface area contributed by atoms with Crippen molar-refractivity contribution in [3.8, 4) is 5.75 Å². The topological polar surface area (TPSA) is 80.2 Å². The van der Waals surface area contributed by atoms with Crippen molar-refractivity contribution in [2.24, 2.45) is 4.99 Å². The molecular weight excluding hydrogens is 514 g/mol. The highest BCUT2D eigenvalue weighted by Gasteiger charge is 2.57. The van der Waals surface area contributed by atoms with E-state index in [1.807, 2.05) is 97.1 Å². The zero-order chi connectivity index (χ0) is 28.8. The molecule has 208 valence electrons. The van der Waals surface area contributed by atoms with Gasteiger partial charge in [0, 0.05) is 24.7 Å². The maximum Gasteiger partial charge on any atom is 0.341 e. The van der Waals surface area contributed by atoms with Crippen molar-refractivity contribution in [1.29, 1.82) is 0 Å². The smallest absolute Gasteiger partial charge is 0.341 e. The van der Waals surface area contributed by atoms with Crippen molar-refractivity contribution in [2.45, 2.75) is 32.0 Å². The van der Waals surface area contributed by atoms with Crippen LogP contribution in [-0.4, -0.2) is 36.3 Å². The first-order valence-electron chi connectivity index (χ1n) is 13.6. The summed E-state index contributed by atoms with van der Waals surface area (Å²) < 4.78 is 11.2. The summed E-state index contributed by atoms with van der Waals surface area (Å²) in [5.74, 6) is 0.819. The number of nitrogens with zero attached hydrogens (tertiary/aromatic N) is 2. The first kappa shape index (κ1) is 27.6. The van der Waals surface area contributed by atoms with Crippen LogP contribution in [0.3, 0.4) is 0 Å². The van der Waals surface area contributed by atoms with Crippen LogP contribution in [0.5, 0.6) is 5.75 Å². The minimum absolute atomic E-state index is 0.153. The Balaban J connectivity index is 1.76. The first-order chi connectivity index (χ1) is 20.0. The van der Waals surface area contributed by atoms with Gasteiger partial charge in [-0.3, -0.25) is 4.79 Å². The molecule has 4 aromatic rings. The fourth-order valence-corrected chi connectivity index (χ4v) is 5.36. The van der Waals surface area contributed by atoms with Crippen LogP contribution in [0, 0.1) is 0 Å². The summed E-state index contributed by atoms with van der Waals surface area (Å²) in [5.41, 5.74) is 2.79. The minimum Gasteiger partial charge on any atom is -0.497 e.